The molecule has 2 atom stereocenters. The Morgan fingerprint density at radius 2 is 1.96 bits per heavy atom. The van der Waals surface area contributed by atoms with E-state index in [9.17, 15) is 9.59 Å². The first kappa shape index (κ1) is 18.9. The maximum Gasteiger partial charge on any atom is 0.308 e. The maximum absolute atomic E-state index is 12.9. The van der Waals surface area contributed by atoms with Crippen molar-refractivity contribution < 1.29 is 14.3 Å². The number of para-hydroxylation sites is 2. The number of imidazole rings is 1. The van der Waals surface area contributed by atoms with Crippen molar-refractivity contribution in [1.29, 1.82) is 0 Å². The Balaban J connectivity index is 1.35. The number of esters is 1. The van der Waals surface area contributed by atoms with Gasteiger partial charge in [0.2, 0.25) is 5.91 Å². The minimum atomic E-state index is -0.241. The second-order valence-corrected chi connectivity index (χ2v) is 7.65. The number of ether oxygens (including phenoxy) is 1. The van der Waals surface area contributed by atoms with Gasteiger partial charge in [-0.1, -0.05) is 12.1 Å². The number of nitrogens with one attached hydrogen (secondary N) is 2. The highest BCUT2D eigenvalue weighted by molar-refractivity contribution is 5.82. The lowest BCUT2D eigenvalue weighted by atomic mass is 9.96. The minimum Gasteiger partial charge on any atom is -0.469 e. The second kappa shape index (κ2) is 7.89. The van der Waals surface area contributed by atoms with Gasteiger partial charge in [0.15, 0.2) is 0 Å². The van der Waals surface area contributed by atoms with Crippen molar-refractivity contribution in [3.63, 3.8) is 0 Å². The number of benzene rings is 1. The zero-order chi connectivity index (χ0) is 19.7. The Morgan fingerprint density at radius 1 is 1.21 bits per heavy atom. The number of carbonyl (C=O) groups is 2. The average molecular weight is 385 g/mol. The highest BCUT2D eigenvalue weighted by Crippen LogP contribution is 2.22. The third-order valence-electron chi connectivity index (χ3n) is 5.87. The molecule has 2 aliphatic heterocycles. The molecule has 0 aliphatic carbocycles. The van der Waals surface area contributed by atoms with Crippen LogP contribution in [-0.2, 0) is 20.9 Å². The summed E-state index contributed by atoms with van der Waals surface area (Å²) in [6.07, 6.45) is 2.06. The van der Waals surface area contributed by atoms with E-state index in [-0.39, 0.29) is 29.9 Å². The number of fused-ring (bicyclic) bond motifs is 1. The van der Waals surface area contributed by atoms with Crippen LogP contribution in [0.1, 0.15) is 25.1 Å². The maximum atomic E-state index is 12.9. The molecular formula is C20H27N5O3. The van der Waals surface area contributed by atoms with E-state index in [0.29, 0.717) is 25.9 Å². The smallest absolute Gasteiger partial charge is 0.308 e. The van der Waals surface area contributed by atoms with Crippen LogP contribution < -0.4 is 10.9 Å². The topological polar surface area (TPSA) is 88.5 Å². The summed E-state index contributed by atoms with van der Waals surface area (Å²) in [6, 6.07) is 8.01. The van der Waals surface area contributed by atoms with Gasteiger partial charge in [0.1, 0.15) is 11.9 Å². The standard InChI is InChI=1S/C20H27N5O3/c1-13-21-16-5-3-4-6-18(16)25(13)12-15-11-17(23-22-15)19(26)24-9-7-14(8-10-24)20(27)28-2/h3-6,14-15,17,22-23H,7-12H2,1-2H3. The third-order valence-corrected chi connectivity index (χ3v) is 5.87. The van der Waals surface area contributed by atoms with Crippen LogP contribution in [0.25, 0.3) is 11.0 Å². The lowest BCUT2D eigenvalue weighted by Crippen LogP contribution is -2.49. The van der Waals surface area contributed by atoms with Gasteiger partial charge in [-0.3, -0.25) is 15.0 Å². The quantitative estimate of drug-likeness (QED) is 0.763. The van der Waals surface area contributed by atoms with E-state index in [2.05, 4.69) is 26.5 Å². The number of piperidine rings is 1. The fourth-order valence-corrected chi connectivity index (χ4v) is 4.27. The van der Waals surface area contributed by atoms with E-state index in [0.717, 1.165) is 29.8 Å². The lowest BCUT2D eigenvalue weighted by molar-refractivity contribution is -0.149. The molecule has 1 aromatic carbocycles. The highest BCUT2D eigenvalue weighted by Gasteiger charge is 2.35. The first-order chi connectivity index (χ1) is 13.6. The molecule has 0 spiro atoms. The van der Waals surface area contributed by atoms with Crippen LogP contribution >= 0.6 is 0 Å². The fraction of sp³-hybridized carbons (Fsp3) is 0.550. The summed E-state index contributed by atoms with van der Waals surface area (Å²) in [6.45, 7) is 3.98. The number of hydrazine groups is 1. The summed E-state index contributed by atoms with van der Waals surface area (Å²) in [4.78, 5) is 31.0. The van der Waals surface area contributed by atoms with Crippen LogP contribution in [0.3, 0.4) is 0 Å². The van der Waals surface area contributed by atoms with Crippen LogP contribution in [-0.4, -0.2) is 58.6 Å². The van der Waals surface area contributed by atoms with Crippen molar-refractivity contribution >= 4 is 22.9 Å². The number of hydrogen-bond donors (Lipinski definition) is 2. The van der Waals surface area contributed by atoms with Gasteiger partial charge >= 0.3 is 5.97 Å². The molecule has 8 heteroatoms. The molecule has 3 heterocycles. The average Bonchev–Trinajstić information content (AvgIpc) is 3.32. The largest absolute Gasteiger partial charge is 0.469 e. The molecule has 2 unspecified atom stereocenters. The van der Waals surface area contributed by atoms with Gasteiger partial charge in [-0.2, -0.15) is 0 Å². The number of aryl methyl sites for hydroxylation is 1. The van der Waals surface area contributed by atoms with E-state index >= 15 is 0 Å². The van der Waals surface area contributed by atoms with Crippen molar-refractivity contribution in [2.45, 2.75) is 44.8 Å². The summed E-state index contributed by atoms with van der Waals surface area (Å²) < 4.78 is 7.01. The predicted octanol–water partition coefficient (Wildman–Crippen LogP) is 0.991. The molecule has 0 bridgehead atoms. The van der Waals surface area contributed by atoms with Gasteiger partial charge in [0.05, 0.1) is 24.1 Å². The molecular weight excluding hydrogens is 358 g/mol. The molecule has 2 fully saturated rings. The minimum absolute atomic E-state index is 0.0889. The summed E-state index contributed by atoms with van der Waals surface area (Å²) in [7, 11) is 1.42. The number of aromatic nitrogens is 2. The van der Waals surface area contributed by atoms with E-state index in [1.807, 2.05) is 30.0 Å². The molecule has 4 rings (SSSR count). The van der Waals surface area contributed by atoms with Gasteiger partial charge in [0, 0.05) is 25.7 Å². The summed E-state index contributed by atoms with van der Waals surface area (Å²) in [5, 5.41) is 0. The Morgan fingerprint density at radius 3 is 2.71 bits per heavy atom. The summed E-state index contributed by atoms with van der Waals surface area (Å²) >= 11 is 0. The van der Waals surface area contributed by atoms with E-state index < -0.39 is 0 Å². The van der Waals surface area contributed by atoms with E-state index in [4.69, 9.17) is 4.74 Å². The van der Waals surface area contributed by atoms with Gasteiger partial charge < -0.3 is 14.2 Å². The van der Waals surface area contributed by atoms with Gasteiger partial charge in [0.25, 0.3) is 0 Å². The molecule has 0 radical (unpaired) electrons. The van der Waals surface area contributed by atoms with Crippen molar-refractivity contribution in [1.82, 2.24) is 25.3 Å². The van der Waals surface area contributed by atoms with E-state index in [1.54, 1.807) is 0 Å². The monoisotopic (exact) mass is 385 g/mol. The molecule has 2 saturated heterocycles. The van der Waals surface area contributed by atoms with Crippen LogP contribution in [0.15, 0.2) is 24.3 Å². The number of carbonyl (C=O) groups excluding carboxylic acids is 2. The first-order valence-electron chi connectivity index (χ1n) is 9.86. The summed E-state index contributed by atoms with van der Waals surface area (Å²) in [5.41, 5.74) is 8.54. The summed E-state index contributed by atoms with van der Waals surface area (Å²) in [5.74, 6) is 0.817. The Kier molecular flexibility index (Phi) is 5.32. The Labute approximate surface area is 164 Å². The van der Waals surface area contributed by atoms with Crippen LogP contribution in [0.4, 0.5) is 0 Å². The molecule has 150 valence electrons. The lowest BCUT2D eigenvalue weighted by Gasteiger charge is -2.32. The number of methoxy groups -OCH3 is 1. The molecule has 2 aromatic rings. The van der Waals surface area contributed by atoms with Gasteiger partial charge in [-0.15, -0.1) is 0 Å². The number of likely N-dealkylation sites (tertiary alicyclic amines) is 1. The van der Waals surface area contributed by atoms with Crippen LogP contribution in [0.5, 0.6) is 0 Å². The van der Waals surface area contributed by atoms with Crippen molar-refractivity contribution in [2.75, 3.05) is 20.2 Å². The molecule has 2 N–H and O–H groups in total. The Hall–Kier alpha value is -2.45. The zero-order valence-electron chi connectivity index (χ0n) is 16.4. The zero-order valence-corrected chi connectivity index (χ0v) is 16.4. The number of rotatable bonds is 4. The van der Waals surface area contributed by atoms with E-state index in [1.165, 1.54) is 7.11 Å². The van der Waals surface area contributed by atoms with Crippen LogP contribution in [0, 0.1) is 12.8 Å². The van der Waals surface area contributed by atoms with Crippen molar-refractivity contribution in [3.05, 3.63) is 30.1 Å². The highest BCUT2D eigenvalue weighted by atomic mass is 16.5. The molecule has 0 saturated carbocycles. The molecule has 8 nitrogen and oxygen atoms in total. The predicted molar refractivity (Wildman–Crippen MR) is 104 cm³/mol. The Bertz CT molecular complexity index is 872. The fourth-order valence-electron chi connectivity index (χ4n) is 4.27. The first-order valence-corrected chi connectivity index (χ1v) is 9.86. The van der Waals surface area contributed by atoms with Gasteiger partial charge in [-0.05, 0) is 38.3 Å². The van der Waals surface area contributed by atoms with Crippen LogP contribution in [0.2, 0.25) is 0 Å². The molecule has 1 amide bonds. The molecule has 1 aromatic heterocycles. The molecule has 28 heavy (non-hydrogen) atoms. The number of amides is 1. The SMILES string of the molecule is COC(=O)C1CCN(C(=O)C2CC(Cn3c(C)nc4ccccc43)NN2)CC1. The van der Waals surface area contributed by atoms with Gasteiger partial charge in [-0.25, -0.2) is 10.4 Å². The number of nitrogens with zero attached hydrogens (tertiary/aromatic N) is 3. The molecule has 2 aliphatic rings. The normalized spacial score (nSPS) is 23.3. The van der Waals surface area contributed by atoms with Crippen molar-refractivity contribution in [2.24, 2.45) is 5.92 Å². The van der Waals surface area contributed by atoms with Crippen molar-refractivity contribution in [3.8, 4) is 0 Å². The number of hydrogen-bond acceptors (Lipinski definition) is 6. The third kappa shape index (κ3) is 3.62. The second-order valence-electron chi connectivity index (χ2n) is 7.65.